The van der Waals surface area contributed by atoms with Crippen molar-refractivity contribution in [2.45, 2.75) is 51.6 Å². The fourth-order valence-corrected chi connectivity index (χ4v) is 6.72. The summed E-state index contributed by atoms with van der Waals surface area (Å²) < 4.78 is 13.8. The summed E-state index contributed by atoms with van der Waals surface area (Å²) in [5, 5.41) is 0. The smallest absolute Gasteiger partial charge is 0.190 e. The minimum absolute atomic E-state index is 0.167. The van der Waals surface area contributed by atoms with Crippen molar-refractivity contribution in [3.63, 3.8) is 0 Å². The summed E-state index contributed by atoms with van der Waals surface area (Å²) in [7, 11) is 0. The Hall–Kier alpha value is -2.58. The molecule has 0 aromatic heterocycles. The van der Waals surface area contributed by atoms with Gasteiger partial charge >= 0.3 is 0 Å². The zero-order valence-corrected chi connectivity index (χ0v) is 25.8. The van der Waals surface area contributed by atoms with Gasteiger partial charge in [-0.05, 0) is 63.8 Å². The zero-order chi connectivity index (χ0) is 29.3. The molecular formula is C35H50FN5O. The van der Waals surface area contributed by atoms with E-state index in [9.17, 15) is 9.18 Å². The number of ketones is 1. The second kappa shape index (κ2) is 15.2. The van der Waals surface area contributed by atoms with Crippen LogP contribution in [-0.4, -0.2) is 115 Å². The molecule has 3 fully saturated rings. The summed E-state index contributed by atoms with van der Waals surface area (Å²) in [6, 6.07) is 17.8. The first-order valence-electron chi connectivity index (χ1n) is 16.2. The maximum absolute atomic E-state index is 13.8. The summed E-state index contributed by atoms with van der Waals surface area (Å²) in [5.41, 5.74) is 2.96. The van der Waals surface area contributed by atoms with Gasteiger partial charge in [-0.25, -0.2) is 4.39 Å². The predicted molar refractivity (Wildman–Crippen MR) is 169 cm³/mol. The van der Waals surface area contributed by atoms with Crippen LogP contribution in [0.1, 0.15) is 61.5 Å². The summed E-state index contributed by atoms with van der Waals surface area (Å²) in [6.07, 6.45) is 6.39. The Morgan fingerprint density at radius 1 is 0.786 bits per heavy atom. The Balaban J connectivity index is 1.13. The van der Waals surface area contributed by atoms with Crippen molar-refractivity contribution in [1.29, 1.82) is 0 Å². The van der Waals surface area contributed by atoms with E-state index in [4.69, 9.17) is 0 Å². The van der Waals surface area contributed by atoms with Gasteiger partial charge in [0.2, 0.25) is 0 Å². The Kier molecular flexibility index (Phi) is 11.2. The molecule has 6 nitrogen and oxygen atoms in total. The standard InChI is InChI=1S/C35H50FN5O/c1-29(2)40-23-25-41(26-24-40)34(30-12-14-33(36)15-13-30)28-39-21-19-37(20-22-39)18-8-11-32(27-38-16-6-7-17-38)35(42)31-9-4-3-5-10-31/h3-5,9-10,12-15,27,29,34H,6-8,11,16-26,28H2,1-2H3/b32-27+. The quantitative estimate of drug-likeness (QED) is 0.257. The summed E-state index contributed by atoms with van der Waals surface area (Å²) in [5.74, 6) is 0.00743. The minimum Gasteiger partial charge on any atom is -0.377 e. The minimum atomic E-state index is -0.167. The molecule has 7 heteroatoms. The van der Waals surface area contributed by atoms with Crippen molar-refractivity contribution >= 4 is 5.78 Å². The van der Waals surface area contributed by atoms with Crippen LogP contribution < -0.4 is 0 Å². The lowest BCUT2D eigenvalue weighted by Gasteiger charge is -2.43. The number of allylic oxidation sites excluding steroid dienone is 1. The van der Waals surface area contributed by atoms with Crippen LogP contribution in [0, 0.1) is 5.82 Å². The van der Waals surface area contributed by atoms with Gasteiger partial charge in [-0.1, -0.05) is 42.5 Å². The van der Waals surface area contributed by atoms with Crippen LogP contribution in [0.5, 0.6) is 0 Å². The highest BCUT2D eigenvalue weighted by Gasteiger charge is 2.29. The summed E-state index contributed by atoms with van der Waals surface area (Å²) in [6.45, 7) is 17.1. The van der Waals surface area contributed by atoms with E-state index in [2.05, 4.69) is 44.5 Å². The second-order valence-corrected chi connectivity index (χ2v) is 12.6. The van der Waals surface area contributed by atoms with Crippen molar-refractivity contribution in [3.05, 3.63) is 83.3 Å². The van der Waals surface area contributed by atoms with Gasteiger partial charge in [-0.15, -0.1) is 0 Å². The SMILES string of the molecule is CC(C)N1CCN(C(CN2CCN(CCC/C(=C\N3CCCC3)C(=O)c3ccccc3)CC2)c2ccc(F)cc2)CC1. The lowest BCUT2D eigenvalue weighted by Crippen LogP contribution is -2.53. The molecule has 0 radical (unpaired) electrons. The number of halogens is 1. The highest BCUT2D eigenvalue weighted by Crippen LogP contribution is 2.25. The molecule has 42 heavy (non-hydrogen) atoms. The largest absolute Gasteiger partial charge is 0.377 e. The number of carbonyl (C=O) groups is 1. The van der Waals surface area contributed by atoms with Crippen LogP contribution in [0.15, 0.2) is 66.4 Å². The molecule has 1 atom stereocenters. The molecule has 0 amide bonds. The third-order valence-corrected chi connectivity index (χ3v) is 9.40. The van der Waals surface area contributed by atoms with E-state index in [1.54, 1.807) is 12.1 Å². The Bertz CT molecular complexity index is 1130. The number of piperazine rings is 2. The number of Topliss-reactive ketones (excluding diaryl/α,β-unsaturated/α-hetero) is 1. The molecule has 0 N–H and O–H groups in total. The van der Waals surface area contributed by atoms with Crippen molar-refractivity contribution in [1.82, 2.24) is 24.5 Å². The molecule has 3 aliphatic heterocycles. The predicted octanol–water partition coefficient (Wildman–Crippen LogP) is 5.15. The first-order valence-corrected chi connectivity index (χ1v) is 16.2. The number of hydrogen-bond donors (Lipinski definition) is 0. The van der Waals surface area contributed by atoms with Gasteiger partial charge < -0.3 is 9.80 Å². The van der Waals surface area contributed by atoms with Gasteiger partial charge in [-0.2, -0.15) is 0 Å². The second-order valence-electron chi connectivity index (χ2n) is 12.6. The van der Waals surface area contributed by atoms with Gasteiger partial charge in [0, 0.05) is 101 Å². The molecule has 1 unspecified atom stereocenters. The summed E-state index contributed by atoms with van der Waals surface area (Å²) >= 11 is 0. The lowest BCUT2D eigenvalue weighted by atomic mass is 10.00. The molecule has 3 saturated heterocycles. The molecule has 2 aromatic rings. The Morgan fingerprint density at radius 2 is 1.40 bits per heavy atom. The van der Waals surface area contributed by atoms with E-state index in [0.29, 0.717) is 6.04 Å². The van der Waals surface area contributed by atoms with Crippen LogP contribution in [0.2, 0.25) is 0 Å². The average molecular weight is 576 g/mol. The van der Waals surface area contributed by atoms with Gasteiger partial charge in [0.05, 0.1) is 0 Å². The van der Waals surface area contributed by atoms with E-state index in [1.807, 2.05) is 42.5 Å². The van der Waals surface area contributed by atoms with Crippen LogP contribution in [-0.2, 0) is 0 Å². The Labute approximate surface area is 252 Å². The number of nitrogens with zero attached hydrogens (tertiary/aromatic N) is 5. The van der Waals surface area contributed by atoms with E-state index in [-0.39, 0.29) is 17.6 Å². The van der Waals surface area contributed by atoms with E-state index < -0.39 is 0 Å². The topological polar surface area (TPSA) is 33.3 Å². The van der Waals surface area contributed by atoms with E-state index >= 15 is 0 Å². The molecule has 0 bridgehead atoms. The zero-order valence-electron chi connectivity index (χ0n) is 25.8. The molecule has 2 aromatic carbocycles. The fraction of sp³-hybridized carbons (Fsp3) is 0.571. The normalized spacial score (nSPS) is 20.9. The first-order chi connectivity index (χ1) is 20.5. The molecule has 5 rings (SSSR count). The monoisotopic (exact) mass is 575 g/mol. The third kappa shape index (κ3) is 8.50. The number of benzene rings is 2. The van der Waals surface area contributed by atoms with Crippen molar-refractivity contribution < 1.29 is 9.18 Å². The van der Waals surface area contributed by atoms with Crippen LogP contribution in [0.4, 0.5) is 4.39 Å². The van der Waals surface area contributed by atoms with Gasteiger partial charge in [0.15, 0.2) is 5.78 Å². The van der Waals surface area contributed by atoms with Crippen LogP contribution in [0.25, 0.3) is 0 Å². The maximum atomic E-state index is 13.8. The number of likely N-dealkylation sites (tertiary alicyclic amines) is 1. The first kappa shape index (κ1) is 30.9. The molecular weight excluding hydrogens is 525 g/mol. The van der Waals surface area contributed by atoms with Crippen molar-refractivity contribution in [2.24, 2.45) is 0 Å². The van der Waals surface area contributed by atoms with E-state index in [1.165, 1.54) is 18.4 Å². The fourth-order valence-electron chi connectivity index (χ4n) is 6.72. The van der Waals surface area contributed by atoms with Gasteiger partial charge in [0.1, 0.15) is 5.82 Å². The summed E-state index contributed by atoms with van der Waals surface area (Å²) in [4.78, 5) is 26.0. The van der Waals surface area contributed by atoms with Crippen LogP contribution >= 0.6 is 0 Å². The lowest BCUT2D eigenvalue weighted by molar-refractivity contribution is 0.0480. The van der Waals surface area contributed by atoms with Gasteiger partial charge in [0.25, 0.3) is 0 Å². The van der Waals surface area contributed by atoms with Gasteiger partial charge in [-0.3, -0.25) is 19.5 Å². The maximum Gasteiger partial charge on any atom is 0.190 e. The molecule has 228 valence electrons. The van der Waals surface area contributed by atoms with E-state index in [0.717, 1.165) is 103 Å². The molecule has 3 aliphatic rings. The van der Waals surface area contributed by atoms with Crippen molar-refractivity contribution in [2.75, 3.05) is 78.5 Å². The van der Waals surface area contributed by atoms with Crippen molar-refractivity contribution in [3.8, 4) is 0 Å². The number of carbonyl (C=O) groups excluding carboxylic acids is 1. The third-order valence-electron chi connectivity index (χ3n) is 9.40. The Morgan fingerprint density at radius 3 is 2.05 bits per heavy atom. The highest BCUT2D eigenvalue weighted by atomic mass is 19.1. The molecule has 0 aliphatic carbocycles. The highest BCUT2D eigenvalue weighted by molar-refractivity contribution is 6.08. The number of hydrogen-bond acceptors (Lipinski definition) is 6. The molecule has 0 saturated carbocycles. The number of rotatable bonds is 12. The molecule has 3 heterocycles. The average Bonchev–Trinajstić information content (AvgIpc) is 3.54. The molecule has 0 spiro atoms. The van der Waals surface area contributed by atoms with Crippen LogP contribution in [0.3, 0.4) is 0 Å².